The topological polar surface area (TPSA) is 154 Å². The van der Waals surface area contributed by atoms with Gasteiger partial charge in [0.25, 0.3) is 0 Å². The fourth-order valence-corrected chi connectivity index (χ4v) is 6.27. The van der Waals surface area contributed by atoms with E-state index in [0.717, 1.165) is 66.3 Å². The van der Waals surface area contributed by atoms with Gasteiger partial charge in [-0.25, -0.2) is 29.1 Å². The predicted molar refractivity (Wildman–Crippen MR) is 221 cm³/mol. The van der Waals surface area contributed by atoms with Crippen LogP contribution in [0.3, 0.4) is 0 Å². The van der Waals surface area contributed by atoms with Gasteiger partial charge in [-0.2, -0.15) is 13.2 Å². The molecule has 0 atom stereocenters. The maximum atomic E-state index is 12.9. The average Bonchev–Trinajstić information content (AvgIpc) is 3.75. The van der Waals surface area contributed by atoms with Crippen LogP contribution in [0.4, 0.5) is 13.2 Å². The second-order valence-corrected chi connectivity index (χ2v) is 14.0. The summed E-state index contributed by atoms with van der Waals surface area (Å²) in [7, 11) is 0. The van der Waals surface area contributed by atoms with E-state index in [1.54, 1.807) is 36.4 Å². The number of aromatic nitrogens is 4. The Labute approximate surface area is 348 Å². The number of aromatic amines is 2. The molecule has 16 heteroatoms. The Hall–Kier alpha value is -7.52. The van der Waals surface area contributed by atoms with Crippen molar-refractivity contribution in [2.45, 2.75) is 32.5 Å². The highest BCUT2D eigenvalue weighted by molar-refractivity contribution is 6.30. The molecule has 0 aliphatic carbocycles. The molecule has 0 spiro atoms. The molecule has 0 radical (unpaired) electrons. The number of benzene rings is 6. The number of hydrogen-bond acceptors (Lipinski definition) is 8. The first kappa shape index (κ1) is 41.6. The van der Waals surface area contributed by atoms with E-state index in [2.05, 4.69) is 4.98 Å². The normalized spacial score (nSPS) is 11.1. The van der Waals surface area contributed by atoms with Gasteiger partial charge in [-0.15, -0.1) is 9.48 Å². The van der Waals surface area contributed by atoms with E-state index in [1.807, 2.05) is 96.0 Å². The number of rotatable bonds is 12. The van der Waals surface area contributed by atoms with Gasteiger partial charge in [0.15, 0.2) is 0 Å². The lowest BCUT2D eigenvalue weighted by Crippen LogP contribution is -2.17. The first-order valence-corrected chi connectivity index (χ1v) is 18.9. The highest BCUT2D eigenvalue weighted by Crippen LogP contribution is 2.31. The zero-order valence-electron chi connectivity index (χ0n) is 31.9. The Kier molecular flexibility index (Phi) is 12.7. The molecule has 0 amide bonds. The van der Waals surface area contributed by atoms with Gasteiger partial charge in [0, 0.05) is 5.02 Å². The summed E-state index contributed by atoms with van der Waals surface area (Å²) in [6, 6.07) is 42.4. The first-order chi connectivity index (χ1) is 29.3. The number of halogens is 4. The van der Waals surface area contributed by atoms with E-state index in [9.17, 15) is 32.3 Å². The number of nitrogens with one attached hydrogen (secondary N) is 2. The van der Waals surface area contributed by atoms with Gasteiger partial charge < -0.3 is 18.5 Å². The lowest BCUT2D eigenvalue weighted by Gasteiger charge is -2.11. The quantitative estimate of drug-likeness (QED) is 0.124. The van der Waals surface area contributed by atoms with Crippen LogP contribution < -0.4 is 32.4 Å². The fraction of sp³-hybridized carbons (Fsp3) is 0.111. The van der Waals surface area contributed by atoms with E-state index < -0.39 is 34.6 Å². The molecular weight excluding hydrogens is 817 g/mol. The lowest BCUT2D eigenvalue weighted by molar-refractivity contribution is -0.137. The molecule has 61 heavy (non-hydrogen) atoms. The van der Waals surface area contributed by atoms with Gasteiger partial charge in [0.05, 0.1) is 18.7 Å². The minimum absolute atomic E-state index is 0.0111. The molecule has 0 bridgehead atoms. The van der Waals surface area contributed by atoms with Crippen LogP contribution in [-0.4, -0.2) is 19.4 Å². The molecular formula is C45H34ClF3N4O8. The van der Waals surface area contributed by atoms with Crippen LogP contribution in [0.15, 0.2) is 174 Å². The number of H-pyrrole nitrogens is 2. The third kappa shape index (κ3) is 11.4. The molecule has 8 rings (SSSR count). The van der Waals surface area contributed by atoms with E-state index in [0.29, 0.717) is 22.9 Å². The monoisotopic (exact) mass is 850 g/mol. The second-order valence-electron chi connectivity index (χ2n) is 13.5. The van der Waals surface area contributed by atoms with Crippen LogP contribution in [0.25, 0.3) is 22.3 Å². The van der Waals surface area contributed by atoms with Gasteiger partial charge in [0.2, 0.25) is 0 Å². The van der Waals surface area contributed by atoms with Gasteiger partial charge >= 0.3 is 29.1 Å². The predicted octanol–water partition coefficient (Wildman–Crippen LogP) is 8.52. The highest BCUT2D eigenvalue weighted by Gasteiger charge is 2.30. The molecule has 12 nitrogen and oxygen atoms in total. The standard InChI is InChI=1S/C23H17F3N2O4.C22H17ClN2O4/c24-23(25,26)19-8-2-5-16(11-19)14-31-20-9-3-7-18(12-20)17-6-1-4-15(10-17)13-28-21(29)27-22(30)32-28;23-19-9-7-15(8-10-19)14-28-20-6-2-5-18(12-20)17-4-1-3-16(11-17)13-25-21(26)24-22(27)29-25/h1-12H,13-14H2,(H,27,29,30);1-12H,13-14H2,(H,24,26,27). The van der Waals surface area contributed by atoms with E-state index in [-0.39, 0.29) is 19.7 Å². The van der Waals surface area contributed by atoms with E-state index in [4.69, 9.17) is 30.1 Å². The van der Waals surface area contributed by atoms with Crippen molar-refractivity contribution in [1.29, 1.82) is 0 Å². The van der Waals surface area contributed by atoms with Crippen molar-refractivity contribution in [3.63, 3.8) is 0 Å². The summed E-state index contributed by atoms with van der Waals surface area (Å²) in [6.07, 6.45) is -4.41. The highest BCUT2D eigenvalue weighted by atomic mass is 35.5. The van der Waals surface area contributed by atoms with Crippen LogP contribution >= 0.6 is 11.6 Å². The molecule has 2 N–H and O–H groups in total. The third-order valence-electron chi connectivity index (χ3n) is 9.08. The van der Waals surface area contributed by atoms with E-state index >= 15 is 0 Å². The summed E-state index contributed by atoms with van der Waals surface area (Å²) in [4.78, 5) is 49.7. The Bertz CT molecular complexity index is 3000. The summed E-state index contributed by atoms with van der Waals surface area (Å²) in [5.74, 6) is -0.345. The molecule has 0 unspecified atom stereocenters. The molecule has 0 fully saturated rings. The van der Waals surface area contributed by atoms with Crippen LogP contribution in [0.5, 0.6) is 11.5 Å². The maximum Gasteiger partial charge on any atom is 0.440 e. The molecule has 2 heterocycles. The largest absolute Gasteiger partial charge is 0.489 e. The fourth-order valence-electron chi connectivity index (χ4n) is 6.15. The van der Waals surface area contributed by atoms with Gasteiger partial charge in [-0.1, -0.05) is 96.5 Å². The second kappa shape index (κ2) is 18.6. The van der Waals surface area contributed by atoms with Crippen molar-refractivity contribution in [3.05, 3.63) is 221 Å². The molecule has 6 aromatic carbocycles. The molecule has 0 saturated carbocycles. The molecule has 2 aromatic heterocycles. The smallest absolute Gasteiger partial charge is 0.440 e. The maximum absolute atomic E-state index is 12.9. The van der Waals surface area contributed by atoms with Gasteiger partial charge in [-0.3, -0.25) is 0 Å². The number of nitrogens with zero attached hydrogens (tertiary/aromatic N) is 2. The molecule has 310 valence electrons. The van der Waals surface area contributed by atoms with Crippen molar-refractivity contribution >= 4 is 11.6 Å². The SMILES string of the molecule is O=c1[nH]c(=O)n(Cc2cccc(-c3cccc(OCc4ccc(Cl)cc4)c3)c2)o1.O=c1[nH]c(=O)n(Cc2cccc(-c3cccc(OCc4cccc(C(F)(F)F)c4)c3)c2)o1. The molecule has 0 aliphatic rings. The summed E-state index contributed by atoms with van der Waals surface area (Å²) in [5, 5.41) is 0.691. The Morgan fingerprint density at radius 2 is 0.934 bits per heavy atom. The van der Waals surface area contributed by atoms with Crippen molar-refractivity contribution in [1.82, 2.24) is 19.4 Å². The summed E-state index contributed by atoms with van der Waals surface area (Å²) < 4.78 is 61.8. The van der Waals surface area contributed by atoms with Crippen LogP contribution in [-0.2, 0) is 32.5 Å². The van der Waals surface area contributed by atoms with Crippen molar-refractivity contribution in [2.75, 3.05) is 0 Å². The van der Waals surface area contributed by atoms with Crippen LogP contribution in [0.2, 0.25) is 5.02 Å². The van der Waals surface area contributed by atoms with Crippen molar-refractivity contribution < 1.29 is 31.7 Å². The Morgan fingerprint density at radius 1 is 0.508 bits per heavy atom. The third-order valence-corrected chi connectivity index (χ3v) is 9.33. The number of hydrogen-bond donors (Lipinski definition) is 2. The minimum atomic E-state index is -4.41. The molecule has 0 saturated heterocycles. The zero-order chi connectivity index (χ0) is 42.9. The van der Waals surface area contributed by atoms with Crippen molar-refractivity contribution in [3.8, 4) is 33.8 Å². The van der Waals surface area contributed by atoms with Crippen molar-refractivity contribution in [2.24, 2.45) is 0 Å². The summed E-state index contributed by atoms with van der Waals surface area (Å²) >= 11 is 5.91. The first-order valence-electron chi connectivity index (χ1n) is 18.5. The number of alkyl halides is 3. The summed E-state index contributed by atoms with van der Waals surface area (Å²) in [5.41, 5.74) is 4.67. The number of ether oxygens (including phenoxy) is 2. The van der Waals surface area contributed by atoms with E-state index in [1.165, 1.54) is 6.07 Å². The molecule has 0 aliphatic heterocycles. The lowest BCUT2D eigenvalue weighted by atomic mass is 10.0. The van der Waals surface area contributed by atoms with Gasteiger partial charge in [-0.05, 0) is 105 Å². The average molecular weight is 851 g/mol. The Balaban J connectivity index is 0.000000185. The molecule has 8 aromatic rings. The van der Waals surface area contributed by atoms with Crippen LogP contribution in [0, 0.1) is 0 Å². The summed E-state index contributed by atoms with van der Waals surface area (Å²) in [6.45, 7) is 0.675. The Morgan fingerprint density at radius 3 is 1.39 bits per heavy atom. The van der Waals surface area contributed by atoms with Gasteiger partial charge in [0.1, 0.15) is 24.7 Å². The zero-order valence-corrected chi connectivity index (χ0v) is 32.6. The van der Waals surface area contributed by atoms with Crippen LogP contribution in [0.1, 0.15) is 27.8 Å². The minimum Gasteiger partial charge on any atom is -0.489 e.